The highest BCUT2D eigenvalue weighted by Gasteiger charge is 2.24. The van der Waals surface area contributed by atoms with Crippen molar-refractivity contribution in [2.24, 2.45) is 5.92 Å². The van der Waals surface area contributed by atoms with Crippen molar-refractivity contribution in [2.75, 3.05) is 13.7 Å². The Hall–Kier alpha value is -1.37. The fourth-order valence-electron chi connectivity index (χ4n) is 2.26. The molecule has 2 atom stereocenters. The molecule has 5 nitrogen and oxygen atoms in total. The van der Waals surface area contributed by atoms with Gasteiger partial charge in [-0.3, -0.25) is 15.6 Å². The molecule has 7 heteroatoms. The van der Waals surface area contributed by atoms with Gasteiger partial charge >= 0.3 is 0 Å². The van der Waals surface area contributed by atoms with Gasteiger partial charge in [0.1, 0.15) is 0 Å². The maximum Gasteiger partial charge on any atom is 0.246 e. The summed E-state index contributed by atoms with van der Waals surface area (Å²) >= 11 is 11.0. The molecule has 0 heterocycles. The molecule has 0 aliphatic rings. The Morgan fingerprint density at radius 2 is 1.83 bits per heavy atom. The number of amides is 1. The minimum absolute atomic E-state index is 0.0501. The summed E-state index contributed by atoms with van der Waals surface area (Å²) in [5.41, 5.74) is 6.30. The number of hydrogen-bond acceptors (Lipinski definition) is 3. The summed E-state index contributed by atoms with van der Waals surface area (Å²) in [5, 5.41) is 4.01. The topological polar surface area (TPSA) is 62.4 Å². The smallest absolute Gasteiger partial charge is 0.246 e. The zero-order chi connectivity index (χ0) is 17.4. The highest BCUT2D eigenvalue weighted by molar-refractivity contribution is 7.80. The molecule has 23 heavy (non-hydrogen) atoms. The first-order valence-electron chi connectivity index (χ1n) is 7.46. The molecule has 1 rings (SSSR count). The molecule has 1 amide bonds. The lowest BCUT2D eigenvalue weighted by Gasteiger charge is -2.22. The summed E-state index contributed by atoms with van der Waals surface area (Å²) < 4.78 is 5.02. The standard InChI is InChI=1S/C16H24ClN3O2S/c1-10(2)14(12-5-7-13(17)8-6-12)15(21)19-20-16(23)18-11(3)9-22-4/h5-8,10-11,14H,9H2,1-4H3,(H,19,21)(H2,18,20,23)/t11-,14-/m1/s1. The number of carbonyl (C=O) groups excluding carboxylic acids is 1. The van der Waals surface area contributed by atoms with E-state index in [1.54, 1.807) is 19.2 Å². The number of carbonyl (C=O) groups is 1. The van der Waals surface area contributed by atoms with Crippen molar-refractivity contribution < 1.29 is 9.53 Å². The molecule has 0 saturated heterocycles. The van der Waals surface area contributed by atoms with E-state index in [0.29, 0.717) is 16.7 Å². The number of benzene rings is 1. The van der Waals surface area contributed by atoms with E-state index in [-0.39, 0.29) is 23.8 Å². The predicted molar refractivity (Wildman–Crippen MR) is 97.4 cm³/mol. The van der Waals surface area contributed by atoms with Gasteiger partial charge in [-0.25, -0.2) is 0 Å². The van der Waals surface area contributed by atoms with Gasteiger partial charge in [0.05, 0.1) is 12.5 Å². The summed E-state index contributed by atoms with van der Waals surface area (Å²) in [7, 11) is 1.62. The number of halogens is 1. The van der Waals surface area contributed by atoms with Crippen molar-refractivity contribution >= 4 is 34.8 Å². The molecule has 1 aromatic rings. The molecule has 0 saturated carbocycles. The highest BCUT2D eigenvalue weighted by atomic mass is 35.5. The second-order valence-corrected chi connectivity index (χ2v) is 6.56. The highest BCUT2D eigenvalue weighted by Crippen LogP contribution is 2.25. The van der Waals surface area contributed by atoms with E-state index in [9.17, 15) is 4.79 Å². The lowest BCUT2D eigenvalue weighted by atomic mass is 9.88. The first kappa shape index (κ1) is 19.7. The Morgan fingerprint density at radius 1 is 1.22 bits per heavy atom. The molecule has 0 aliphatic heterocycles. The van der Waals surface area contributed by atoms with Crippen LogP contribution in [0.5, 0.6) is 0 Å². The van der Waals surface area contributed by atoms with Gasteiger partial charge < -0.3 is 10.1 Å². The van der Waals surface area contributed by atoms with E-state index >= 15 is 0 Å². The van der Waals surface area contributed by atoms with Gasteiger partial charge in [0.2, 0.25) is 5.91 Å². The van der Waals surface area contributed by atoms with Gasteiger partial charge in [-0.1, -0.05) is 37.6 Å². The lowest BCUT2D eigenvalue weighted by Crippen LogP contribution is -2.51. The number of nitrogens with one attached hydrogen (secondary N) is 3. The Labute approximate surface area is 148 Å². The van der Waals surface area contributed by atoms with Crippen molar-refractivity contribution in [3.63, 3.8) is 0 Å². The van der Waals surface area contributed by atoms with E-state index in [1.807, 2.05) is 32.9 Å². The minimum atomic E-state index is -0.293. The quantitative estimate of drug-likeness (QED) is 0.539. The van der Waals surface area contributed by atoms with Gasteiger partial charge in [0.15, 0.2) is 5.11 Å². The normalized spacial score (nSPS) is 13.3. The molecular weight excluding hydrogens is 334 g/mol. The minimum Gasteiger partial charge on any atom is -0.383 e. The van der Waals surface area contributed by atoms with Crippen LogP contribution in [-0.2, 0) is 9.53 Å². The molecule has 0 bridgehead atoms. The van der Waals surface area contributed by atoms with Gasteiger partial charge in [-0.05, 0) is 42.8 Å². The molecule has 0 fully saturated rings. The summed E-state index contributed by atoms with van der Waals surface area (Å²) in [6.45, 7) is 6.45. The number of hydrogen-bond donors (Lipinski definition) is 3. The number of hydrazine groups is 1. The van der Waals surface area contributed by atoms with E-state index in [1.165, 1.54) is 0 Å². The second-order valence-electron chi connectivity index (χ2n) is 5.72. The molecule has 3 N–H and O–H groups in total. The van der Waals surface area contributed by atoms with Crippen LogP contribution in [0.3, 0.4) is 0 Å². The van der Waals surface area contributed by atoms with E-state index in [0.717, 1.165) is 5.56 Å². The molecule has 0 aromatic heterocycles. The average molecular weight is 358 g/mol. The maximum absolute atomic E-state index is 12.5. The van der Waals surface area contributed by atoms with Crippen molar-refractivity contribution in [2.45, 2.75) is 32.7 Å². The van der Waals surface area contributed by atoms with Crippen LogP contribution in [0.2, 0.25) is 5.02 Å². The van der Waals surface area contributed by atoms with Crippen LogP contribution >= 0.6 is 23.8 Å². The van der Waals surface area contributed by atoms with Crippen LogP contribution in [0, 0.1) is 5.92 Å². The van der Waals surface area contributed by atoms with Gasteiger partial charge in [0.25, 0.3) is 0 Å². The molecule has 128 valence electrons. The van der Waals surface area contributed by atoms with E-state index in [4.69, 9.17) is 28.6 Å². The summed E-state index contributed by atoms with van der Waals surface area (Å²) in [5.74, 6) is -0.309. The molecular formula is C16H24ClN3O2S. The number of rotatable bonds is 6. The second kappa shape index (κ2) is 9.70. The Morgan fingerprint density at radius 3 is 2.35 bits per heavy atom. The Bertz CT molecular complexity index is 523. The lowest BCUT2D eigenvalue weighted by molar-refractivity contribution is -0.124. The Balaban J connectivity index is 2.62. The van der Waals surface area contributed by atoms with E-state index < -0.39 is 0 Å². The molecule has 0 aliphatic carbocycles. The third-order valence-electron chi connectivity index (χ3n) is 3.27. The Kier molecular flexibility index (Phi) is 8.30. The number of thiocarbonyl (C=S) groups is 1. The van der Waals surface area contributed by atoms with Crippen molar-refractivity contribution in [1.82, 2.24) is 16.2 Å². The van der Waals surface area contributed by atoms with Crippen molar-refractivity contribution in [1.29, 1.82) is 0 Å². The van der Waals surface area contributed by atoms with E-state index in [2.05, 4.69) is 16.2 Å². The third kappa shape index (κ3) is 6.72. The predicted octanol–water partition coefficient (Wildman–Crippen LogP) is 2.61. The van der Waals surface area contributed by atoms with Gasteiger partial charge in [-0.15, -0.1) is 0 Å². The molecule has 1 aromatic carbocycles. The van der Waals surface area contributed by atoms with Crippen LogP contribution < -0.4 is 16.2 Å². The van der Waals surface area contributed by atoms with Crippen LogP contribution in [0.15, 0.2) is 24.3 Å². The van der Waals surface area contributed by atoms with Crippen LogP contribution in [0.25, 0.3) is 0 Å². The average Bonchev–Trinajstić information content (AvgIpc) is 2.47. The molecule has 0 unspecified atom stereocenters. The maximum atomic E-state index is 12.5. The third-order valence-corrected chi connectivity index (χ3v) is 3.74. The monoisotopic (exact) mass is 357 g/mol. The van der Waals surface area contributed by atoms with Crippen LogP contribution in [0.1, 0.15) is 32.3 Å². The zero-order valence-corrected chi connectivity index (χ0v) is 15.4. The zero-order valence-electron chi connectivity index (χ0n) is 13.9. The summed E-state index contributed by atoms with van der Waals surface area (Å²) in [4.78, 5) is 12.5. The number of ether oxygens (including phenoxy) is 1. The fraction of sp³-hybridized carbons (Fsp3) is 0.500. The van der Waals surface area contributed by atoms with Gasteiger partial charge in [-0.2, -0.15) is 0 Å². The van der Waals surface area contributed by atoms with Crippen molar-refractivity contribution in [3.8, 4) is 0 Å². The first-order valence-corrected chi connectivity index (χ1v) is 8.24. The van der Waals surface area contributed by atoms with Gasteiger partial charge in [0, 0.05) is 18.2 Å². The molecule has 0 radical (unpaired) electrons. The fourth-order valence-corrected chi connectivity index (χ4v) is 2.64. The molecule has 0 spiro atoms. The van der Waals surface area contributed by atoms with Crippen molar-refractivity contribution in [3.05, 3.63) is 34.9 Å². The largest absolute Gasteiger partial charge is 0.383 e. The summed E-state index contributed by atoms with van der Waals surface area (Å²) in [6.07, 6.45) is 0. The SMILES string of the molecule is COC[C@@H](C)NC(=S)NNC(=O)[C@@H](c1ccc(Cl)cc1)C(C)C. The van der Waals surface area contributed by atoms with Crippen LogP contribution in [0.4, 0.5) is 0 Å². The van der Waals surface area contributed by atoms with Crippen LogP contribution in [-0.4, -0.2) is 30.8 Å². The first-order chi connectivity index (χ1) is 10.8. The summed E-state index contributed by atoms with van der Waals surface area (Å²) in [6, 6.07) is 7.35. The number of methoxy groups -OCH3 is 1.